The van der Waals surface area contributed by atoms with Gasteiger partial charge >= 0.3 is 0 Å². The summed E-state index contributed by atoms with van der Waals surface area (Å²) in [6, 6.07) is 2.97. The summed E-state index contributed by atoms with van der Waals surface area (Å²) >= 11 is 3.35. The van der Waals surface area contributed by atoms with Crippen molar-refractivity contribution in [2.45, 2.75) is 24.8 Å². The lowest BCUT2D eigenvalue weighted by Crippen LogP contribution is -2.55. The molecule has 1 aliphatic carbocycles. The number of carbonyl (C=O) groups excluding carboxylic acids is 1. The molecule has 1 fully saturated rings. The second-order valence-electron chi connectivity index (χ2n) is 4.35. The molecule has 92 valence electrons. The van der Waals surface area contributed by atoms with Gasteiger partial charge in [0.1, 0.15) is 11.6 Å². The van der Waals surface area contributed by atoms with E-state index in [1.165, 1.54) is 6.07 Å². The van der Waals surface area contributed by atoms with Crippen molar-refractivity contribution in [1.29, 1.82) is 0 Å². The molecule has 0 aliphatic heterocycles. The number of amides is 1. The Morgan fingerprint density at radius 2 is 2.12 bits per heavy atom. The summed E-state index contributed by atoms with van der Waals surface area (Å²) in [5.74, 6) is -1.99. The van der Waals surface area contributed by atoms with Gasteiger partial charge < -0.3 is 5.32 Å². The third kappa shape index (κ3) is 2.49. The summed E-state index contributed by atoms with van der Waals surface area (Å²) in [5, 5.41) is 3.46. The first-order chi connectivity index (χ1) is 8.06. The molecular formula is C12H12BrF2NO. The second kappa shape index (κ2) is 4.72. The summed E-state index contributed by atoms with van der Waals surface area (Å²) in [6.07, 6.45) is 2.82. The van der Waals surface area contributed by atoms with Crippen LogP contribution in [0.5, 0.6) is 0 Å². The number of benzene rings is 1. The van der Waals surface area contributed by atoms with E-state index in [1.54, 1.807) is 0 Å². The predicted octanol–water partition coefficient (Wildman–Crippen LogP) is 3.01. The highest BCUT2D eigenvalue weighted by atomic mass is 79.9. The summed E-state index contributed by atoms with van der Waals surface area (Å²) in [4.78, 5) is 11.8. The van der Waals surface area contributed by atoms with Gasteiger partial charge in [-0.3, -0.25) is 4.79 Å². The highest BCUT2D eigenvalue weighted by Gasteiger charge is 2.37. The maximum absolute atomic E-state index is 13.4. The summed E-state index contributed by atoms with van der Waals surface area (Å²) in [6.45, 7) is 0. The van der Waals surface area contributed by atoms with Crippen molar-refractivity contribution in [3.05, 3.63) is 35.4 Å². The fourth-order valence-corrected chi connectivity index (χ4v) is 2.58. The zero-order valence-electron chi connectivity index (χ0n) is 9.10. The van der Waals surface area contributed by atoms with Gasteiger partial charge in [-0.2, -0.15) is 0 Å². The van der Waals surface area contributed by atoms with Gasteiger partial charge in [0.2, 0.25) is 0 Å². The number of halogens is 3. The minimum absolute atomic E-state index is 0.112. The molecule has 0 aromatic heterocycles. The maximum atomic E-state index is 13.4. The Morgan fingerprint density at radius 3 is 2.59 bits per heavy atom. The predicted molar refractivity (Wildman–Crippen MR) is 64.2 cm³/mol. The molecule has 5 heteroatoms. The van der Waals surface area contributed by atoms with Gasteiger partial charge in [-0.15, -0.1) is 0 Å². The van der Waals surface area contributed by atoms with E-state index >= 15 is 0 Å². The van der Waals surface area contributed by atoms with Gasteiger partial charge in [0.15, 0.2) is 0 Å². The molecule has 0 spiro atoms. The Labute approximate surface area is 107 Å². The standard InChI is InChI=1S/C12H12BrF2NO/c13-7-12(4-1-5-12)16-11(17)9-3-2-8(14)6-10(9)15/h2-3,6H,1,4-5,7H2,(H,16,17). The van der Waals surface area contributed by atoms with Crippen molar-refractivity contribution < 1.29 is 13.6 Å². The van der Waals surface area contributed by atoms with Crippen LogP contribution in [0.1, 0.15) is 29.6 Å². The van der Waals surface area contributed by atoms with Crippen LogP contribution in [-0.2, 0) is 0 Å². The number of hydrogen-bond donors (Lipinski definition) is 1. The molecule has 0 bridgehead atoms. The quantitative estimate of drug-likeness (QED) is 0.855. The van der Waals surface area contributed by atoms with Crippen LogP contribution in [0.3, 0.4) is 0 Å². The summed E-state index contributed by atoms with van der Waals surface area (Å²) in [7, 11) is 0. The maximum Gasteiger partial charge on any atom is 0.254 e. The molecule has 17 heavy (non-hydrogen) atoms. The fraction of sp³-hybridized carbons (Fsp3) is 0.417. The first-order valence-electron chi connectivity index (χ1n) is 5.40. The molecule has 0 heterocycles. The van der Waals surface area contributed by atoms with Crippen molar-refractivity contribution in [3.8, 4) is 0 Å². The van der Waals surface area contributed by atoms with Crippen molar-refractivity contribution in [2.24, 2.45) is 0 Å². The largest absolute Gasteiger partial charge is 0.346 e. The Hall–Kier alpha value is -0.970. The normalized spacial score (nSPS) is 17.4. The molecule has 1 aliphatic rings. The zero-order chi connectivity index (χ0) is 12.5. The van der Waals surface area contributed by atoms with Crippen LogP contribution < -0.4 is 5.32 Å². The van der Waals surface area contributed by atoms with E-state index < -0.39 is 17.5 Å². The van der Waals surface area contributed by atoms with Gasteiger partial charge in [0.25, 0.3) is 5.91 Å². The van der Waals surface area contributed by atoms with Gasteiger partial charge in [0, 0.05) is 11.4 Å². The first kappa shape index (κ1) is 12.5. The van der Waals surface area contributed by atoms with E-state index in [1.807, 2.05) is 0 Å². The minimum Gasteiger partial charge on any atom is -0.346 e. The lowest BCUT2D eigenvalue weighted by atomic mass is 9.78. The van der Waals surface area contributed by atoms with Crippen molar-refractivity contribution in [3.63, 3.8) is 0 Å². The molecule has 0 radical (unpaired) electrons. The first-order valence-corrected chi connectivity index (χ1v) is 6.52. The monoisotopic (exact) mass is 303 g/mol. The molecule has 0 unspecified atom stereocenters. The van der Waals surface area contributed by atoms with E-state index in [-0.39, 0.29) is 11.1 Å². The molecule has 1 amide bonds. The van der Waals surface area contributed by atoms with Crippen LogP contribution in [-0.4, -0.2) is 16.8 Å². The van der Waals surface area contributed by atoms with Gasteiger partial charge in [-0.05, 0) is 31.4 Å². The number of nitrogens with one attached hydrogen (secondary N) is 1. The minimum atomic E-state index is -0.827. The SMILES string of the molecule is O=C(NC1(CBr)CCC1)c1ccc(F)cc1F. The van der Waals surface area contributed by atoms with E-state index in [2.05, 4.69) is 21.2 Å². The van der Waals surface area contributed by atoms with Crippen LogP contribution in [0, 0.1) is 11.6 Å². The van der Waals surface area contributed by atoms with Crippen molar-refractivity contribution in [2.75, 3.05) is 5.33 Å². The lowest BCUT2D eigenvalue weighted by molar-refractivity contribution is 0.0852. The highest BCUT2D eigenvalue weighted by Crippen LogP contribution is 2.33. The molecule has 1 N–H and O–H groups in total. The van der Waals surface area contributed by atoms with Gasteiger partial charge in [-0.25, -0.2) is 8.78 Å². The Balaban J connectivity index is 2.14. The molecule has 0 saturated heterocycles. The van der Waals surface area contributed by atoms with Gasteiger partial charge in [-0.1, -0.05) is 15.9 Å². The Morgan fingerprint density at radius 1 is 1.41 bits per heavy atom. The fourth-order valence-electron chi connectivity index (χ4n) is 1.88. The topological polar surface area (TPSA) is 29.1 Å². The average molecular weight is 304 g/mol. The molecule has 2 nitrogen and oxygen atoms in total. The molecule has 1 aromatic rings. The molecule has 2 rings (SSSR count). The van der Waals surface area contributed by atoms with Gasteiger partial charge in [0.05, 0.1) is 11.1 Å². The van der Waals surface area contributed by atoms with Crippen LogP contribution in [0.25, 0.3) is 0 Å². The number of hydrogen-bond acceptors (Lipinski definition) is 1. The zero-order valence-corrected chi connectivity index (χ0v) is 10.7. The third-order valence-electron chi connectivity index (χ3n) is 3.12. The molecular weight excluding hydrogens is 292 g/mol. The third-order valence-corrected chi connectivity index (χ3v) is 4.19. The van der Waals surface area contributed by atoms with E-state index in [4.69, 9.17) is 0 Å². The van der Waals surface area contributed by atoms with Crippen LogP contribution >= 0.6 is 15.9 Å². The lowest BCUT2D eigenvalue weighted by Gasteiger charge is -2.41. The highest BCUT2D eigenvalue weighted by molar-refractivity contribution is 9.09. The summed E-state index contributed by atoms with van der Waals surface area (Å²) in [5.41, 5.74) is -0.378. The number of rotatable bonds is 3. The van der Waals surface area contributed by atoms with Crippen LogP contribution in [0.4, 0.5) is 8.78 Å². The van der Waals surface area contributed by atoms with E-state index in [0.717, 1.165) is 31.4 Å². The van der Waals surface area contributed by atoms with E-state index in [0.29, 0.717) is 5.33 Å². The Kier molecular flexibility index (Phi) is 3.47. The molecule has 1 saturated carbocycles. The van der Waals surface area contributed by atoms with Crippen molar-refractivity contribution in [1.82, 2.24) is 5.32 Å². The van der Waals surface area contributed by atoms with Crippen LogP contribution in [0.2, 0.25) is 0 Å². The molecule has 1 aromatic carbocycles. The van der Waals surface area contributed by atoms with Crippen molar-refractivity contribution >= 4 is 21.8 Å². The number of alkyl halides is 1. The average Bonchev–Trinajstić information content (AvgIpc) is 2.23. The van der Waals surface area contributed by atoms with Crippen LogP contribution in [0.15, 0.2) is 18.2 Å². The summed E-state index contributed by atoms with van der Waals surface area (Å²) < 4.78 is 26.1. The molecule has 0 atom stereocenters. The second-order valence-corrected chi connectivity index (χ2v) is 4.91. The Bertz CT molecular complexity index is 441. The number of carbonyl (C=O) groups is 1. The van der Waals surface area contributed by atoms with E-state index in [9.17, 15) is 13.6 Å². The smallest absolute Gasteiger partial charge is 0.254 e.